The molecule has 2 aromatic heterocycles. The predicted octanol–water partition coefficient (Wildman–Crippen LogP) is 2.33. The van der Waals surface area contributed by atoms with Gasteiger partial charge in [-0.1, -0.05) is 25.1 Å². The van der Waals surface area contributed by atoms with Crippen LogP contribution in [-0.4, -0.2) is 31.7 Å². The molecule has 132 valence electrons. The Balaban J connectivity index is 1.84. The van der Waals surface area contributed by atoms with Gasteiger partial charge in [0.05, 0.1) is 6.04 Å². The van der Waals surface area contributed by atoms with Gasteiger partial charge in [0.25, 0.3) is 0 Å². The van der Waals surface area contributed by atoms with E-state index in [-0.39, 0.29) is 24.2 Å². The number of fused-ring (bicyclic) bond motifs is 1. The molecule has 1 aromatic carbocycles. The summed E-state index contributed by atoms with van der Waals surface area (Å²) in [6.07, 6.45) is 2.22. The first-order valence-electron chi connectivity index (χ1n) is 8.37. The summed E-state index contributed by atoms with van der Waals surface area (Å²) in [6.45, 7) is 4.45. The molecule has 0 aliphatic heterocycles. The first-order chi connectivity index (χ1) is 12.0. The number of para-hydroxylation sites is 1. The topological polar surface area (TPSA) is 73.3 Å². The minimum Gasteiger partial charge on any atom is -0.459 e. The highest BCUT2D eigenvalue weighted by Crippen LogP contribution is 2.27. The fraction of sp³-hybridized carbons (Fsp3) is 0.389. The lowest BCUT2D eigenvalue weighted by Gasteiger charge is -2.27. The zero-order valence-electron chi connectivity index (χ0n) is 14.7. The Labute approximate surface area is 145 Å². The molecule has 7 nitrogen and oxygen atoms in total. The number of hydrogen-bond donors (Lipinski definition) is 0. The van der Waals surface area contributed by atoms with Crippen molar-refractivity contribution in [3.05, 3.63) is 52.9 Å². The van der Waals surface area contributed by atoms with Gasteiger partial charge < -0.3 is 9.32 Å². The largest absolute Gasteiger partial charge is 0.459 e. The summed E-state index contributed by atoms with van der Waals surface area (Å²) in [5, 5.41) is 4.97. The average molecular weight is 342 g/mol. The van der Waals surface area contributed by atoms with Gasteiger partial charge in [-0.2, -0.15) is 5.10 Å². The number of benzene rings is 1. The molecule has 0 fully saturated rings. The van der Waals surface area contributed by atoms with E-state index in [1.54, 1.807) is 11.9 Å². The number of carbonyl (C=O) groups is 1. The van der Waals surface area contributed by atoms with Crippen LogP contribution < -0.4 is 5.69 Å². The Morgan fingerprint density at radius 3 is 2.76 bits per heavy atom. The van der Waals surface area contributed by atoms with Crippen molar-refractivity contribution in [1.82, 2.24) is 19.2 Å². The lowest BCUT2D eigenvalue weighted by Crippen LogP contribution is -2.39. The van der Waals surface area contributed by atoms with E-state index in [9.17, 15) is 9.59 Å². The van der Waals surface area contributed by atoms with Crippen molar-refractivity contribution in [2.45, 2.75) is 32.9 Å². The van der Waals surface area contributed by atoms with Gasteiger partial charge in [0.1, 0.15) is 24.2 Å². The van der Waals surface area contributed by atoms with E-state index in [1.807, 2.05) is 44.2 Å². The average Bonchev–Trinajstić information content (AvgIpc) is 3.17. The van der Waals surface area contributed by atoms with Crippen LogP contribution in [-0.2, 0) is 18.4 Å². The van der Waals surface area contributed by atoms with Crippen LogP contribution in [0.1, 0.15) is 32.1 Å². The van der Waals surface area contributed by atoms with Crippen LogP contribution in [0.5, 0.6) is 0 Å². The van der Waals surface area contributed by atoms with Gasteiger partial charge in [-0.15, -0.1) is 0 Å². The second-order valence-electron chi connectivity index (χ2n) is 6.13. The molecular weight excluding hydrogens is 320 g/mol. The molecule has 0 saturated carbocycles. The monoisotopic (exact) mass is 342 g/mol. The van der Waals surface area contributed by atoms with E-state index in [0.717, 1.165) is 23.2 Å². The van der Waals surface area contributed by atoms with Gasteiger partial charge in [0.2, 0.25) is 5.91 Å². The van der Waals surface area contributed by atoms with Crippen LogP contribution in [0.2, 0.25) is 0 Å². The Morgan fingerprint density at radius 1 is 1.36 bits per heavy atom. The normalized spacial score (nSPS) is 12.4. The third-order valence-corrected chi connectivity index (χ3v) is 4.28. The predicted molar refractivity (Wildman–Crippen MR) is 94.1 cm³/mol. The highest BCUT2D eigenvalue weighted by molar-refractivity contribution is 5.79. The number of aryl methyl sites for hydroxylation is 1. The molecule has 1 amide bonds. The molecule has 0 aliphatic rings. The Hall–Kier alpha value is -2.83. The third kappa shape index (κ3) is 3.35. The number of rotatable bonds is 6. The highest BCUT2D eigenvalue weighted by Gasteiger charge is 2.24. The summed E-state index contributed by atoms with van der Waals surface area (Å²) in [6, 6.07) is 9.50. The fourth-order valence-corrected chi connectivity index (χ4v) is 2.89. The number of amides is 1. The molecule has 25 heavy (non-hydrogen) atoms. The minimum atomic E-state index is -0.304. The highest BCUT2D eigenvalue weighted by atomic mass is 16.3. The molecule has 0 unspecified atom stereocenters. The number of carbonyl (C=O) groups excluding carboxylic acids is 1. The molecule has 0 saturated heterocycles. The third-order valence-electron chi connectivity index (χ3n) is 4.28. The molecule has 0 radical (unpaired) electrons. The van der Waals surface area contributed by atoms with Crippen LogP contribution in [0.3, 0.4) is 0 Å². The van der Waals surface area contributed by atoms with Crippen LogP contribution in [0.25, 0.3) is 11.0 Å². The summed E-state index contributed by atoms with van der Waals surface area (Å²) >= 11 is 0. The summed E-state index contributed by atoms with van der Waals surface area (Å²) in [4.78, 5) is 26.4. The molecule has 0 aliphatic carbocycles. The van der Waals surface area contributed by atoms with E-state index in [2.05, 4.69) is 5.10 Å². The van der Waals surface area contributed by atoms with Crippen molar-refractivity contribution in [2.24, 2.45) is 7.05 Å². The van der Waals surface area contributed by atoms with Crippen molar-refractivity contribution in [2.75, 3.05) is 6.54 Å². The Bertz CT molecular complexity index is 904. The molecule has 3 rings (SSSR count). The fourth-order valence-electron chi connectivity index (χ4n) is 2.89. The molecule has 7 heteroatoms. The number of nitrogens with zero attached hydrogens (tertiary/aromatic N) is 4. The molecule has 1 atom stereocenters. The maximum Gasteiger partial charge on any atom is 0.345 e. The van der Waals surface area contributed by atoms with E-state index in [0.29, 0.717) is 6.54 Å². The second kappa shape index (κ2) is 6.96. The number of aromatic nitrogens is 3. The first-order valence-corrected chi connectivity index (χ1v) is 8.37. The zero-order valence-corrected chi connectivity index (χ0v) is 14.7. The summed E-state index contributed by atoms with van der Waals surface area (Å²) in [5.41, 5.74) is 0.496. The van der Waals surface area contributed by atoms with E-state index < -0.39 is 0 Å². The molecule has 0 spiro atoms. The SMILES string of the molecule is CCCN(C(=O)Cn1ncn(C)c1=O)[C@H](C)c1cc2ccccc2o1. The van der Waals surface area contributed by atoms with Crippen LogP contribution in [0.4, 0.5) is 0 Å². The summed E-state index contributed by atoms with van der Waals surface area (Å²) in [7, 11) is 1.61. The van der Waals surface area contributed by atoms with Gasteiger partial charge in [-0.25, -0.2) is 9.48 Å². The van der Waals surface area contributed by atoms with Gasteiger partial charge in [-0.3, -0.25) is 9.36 Å². The molecular formula is C18H22N4O3. The van der Waals surface area contributed by atoms with Crippen molar-refractivity contribution in [3.8, 4) is 0 Å². The second-order valence-corrected chi connectivity index (χ2v) is 6.13. The van der Waals surface area contributed by atoms with Crippen molar-refractivity contribution < 1.29 is 9.21 Å². The zero-order chi connectivity index (χ0) is 18.0. The van der Waals surface area contributed by atoms with Crippen LogP contribution in [0.15, 0.2) is 45.9 Å². The van der Waals surface area contributed by atoms with Crippen molar-refractivity contribution in [1.29, 1.82) is 0 Å². The van der Waals surface area contributed by atoms with Gasteiger partial charge in [-0.05, 0) is 25.5 Å². The Morgan fingerprint density at radius 2 is 2.12 bits per heavy atom. The quantitative estimate of drug-likeness (QED) is 0.689. The Kier molecular flexibility index (Phi) is 4.74. The summed E-state index contributed by atoms with van der Waals surface area (Å²) < 4.78 is 8.43. The number of furan rings is 1. The van der Waals surface area contributed by atoms with Gasteiger partial charge >= 0.3 is 5.69 Å². The van der Waals surface area contributed by atoms with Gasteiger partial charge in [0.15, 0.2) is 0 Å². The maximum absolute atomic E-state index is 12.8. The van der Waals surface area contributed by atoms with Crippen molar-refractivity contribution >= 4 is 16.9 Å². The number of hydrogen-bond acceptors (Lipinski definition) is 4. The van der Waals surface area contributed by atoms with Crippen LogP contribution in [0, 0.1) is 0 Å². The van der Waals surface area contributed by atoms with Crippen molar-refractivity contribution in [3.63, 3.8) is 0 Å². The van der Waals surface area contributed by atoms with E-state index in [1.165, 1.54) is 15.6 Å². The summed E-state index contributed by atoms with van der Waals surface area (Å²) in [5.74, 6) is 0.576. The lowest BCUT2D eigenvalue weighted by molar-refractivity contribution is -0.134. The maximum atomic E-state index is 12.8. The molecule has 2 heterocycles. The molecule has 0 bridgehead atoms. The lowest BCUT2D eigenvalue weighted by atomic mass is 10.2. The minimum absolute atomic E-state index is 0.0791. The molecule has 3 aromatic rings. The van der Waals surface area contributed by atoms with Crippen LogP contribution >= 0.6 is 0 Å². The first kappa shape index (κ1) is 17.0. The van der Waals surface area contributed by atoms with E-state index >= 15 is 0 Å². The standard InChI is InChI=1S/C18H22N4O3/c1-4-9-21(17(23)11-22-18(24)20(3)12-19-22)13(2)16-10-14-7-5-6-8-15(14)25-16/h5-8,10,12-13H,4,9,11H2,1-3H3/t13-/m1/s1. The smallest absolute Gasteiger partial charge is 0.345 e. The van der Waals surface area contributed by atoms with E-state index in [4.69, 9.17) is 4.42 Å². The molecule has 0 N–H and O–H groups in total. The van der Waals surface area contributed by atoms with Gasteiger partial charge in [0, 0.05) is 19.0 Å².